The van der Waals surface area contributed by atoms with E-state index in [9.17, 15) is 4.79 Å². The molecule has 132 valence electrons. The van der Waals surface area contributed by atoms with E-state index in [1.165, 1.54) is 11.1 Å². The number of nitrogens with zero attached hydrogens (tertiary/aromatic N) is 1. The van der Waals surface area contributed by atoms with Gasteiger partial charge in [0, 0.05) is 18.4 Å². The fraction of sp³-hybridized carbons (Fsp3) is 0.217. The molecule has 0 spiro atoms. The number of carbonyl (C=O) groups excluding carboxylic acids is 1. The van der Waals surface area contributed by atoms with Crippen LogP contribution in [0.15, 0.2) is 64.7 Å². The molecule has 1 heterocycles. The molecule has 1 aliphatic heterocycles. The Hall–Kier alpha value is -2.94. The molecule has 0 saturated heterocycles. The molecule has 3 nitrogen and oxygen atoms in total. The van der Waals surface area contributed by atoms with Gasteiger partial charge in [-0.1, -0.05) is 55.0 Å². The van der Waals surface area contributed by atoms with Crippen LogP contribution in [0.2, 0.25) is 0 Å². The van der Waals surface area contributed by atoms with Crippen molar-refractivity contribution in [3.8, 4) is 11.1 Å². The zero-order valence-electron chi connectivity index (χ0n) is 15.3. The van der Waals surface area contributed by atoms with Crippen LogP contribution in [0, 0.1) is 0 Å². The summed E-state index contributed by atoms with van der Waals surface area (Å²) in [5.41, 5.74) is 13.8. The first-order chi connectivity index (χ1) is 12.6. The Morgan fingerprint density at radius 1 is 1.15 bits per heavy atom. The molecule has 2 aromatic carbocycles. The normalized spacial score (nSPS) is 14.2. The van der Waals surface area contributed by atoms with Crippen molar-refractivity contribution >= 4 is 23.9 Å². The number of allylic oxidation sites excluding steroid dienone is 2. The maximum absolute atomic E-state index is 10.6. The molecule has 1 aliphatic rings. The zero-order valence-corrected chi connectivity index (χ0v) is 15.3. The molecule has 3 rings (SSSR count). The second kappa shape index (κ2) is 7.96. The molecule has 0 fully saturated rings. The second-order valence-electron chi connectivity index (χ2n) is 6.59. The number of rotatable bonds is 5. The number of nitrogens with two attached hydrogens (primary N) is 1. The molecule has 0 radical (unpaired) electrons. The van der Waals surface area contributed by atoms with Crippen molar-refractivity contribution in [1.29, 1.82) is 0 Å². The minimum absolute atomic E-state index is 0.448. The first-order valence-electron chi connectivity index (χ1n) is 8.98. The highest BCUT2D eigenvalue weighted by Crippen LogP contribution is 2.33. The smallest absolute Gasteiger partial charge is 0.124 e. The lowest BCUT2D eigenvalue weighted by Gasteiger charge is -2.07. The number of carbonyl (C=O) groups is 1. The topological polar surface area (TPSA) is 55.5 Å². The number of hydrogen-bond donors (Lipinski definition) is 1. The summed E-state index contributed by atoms with van der Waals surface area (Å²) in [5.74, 6) is 0.636. The third-order valence-corrected chi connectivity index (χ3v) is 4.62. The van der Waals surface area contributed by atoms with Crippen molar-refractivity contribution in [2.75, 3.05) is 0 Å². The Bertz CT molecular complexity index is 902. The van der Waals surface area contributed by atoms with Crippen molar-refractivity contribution in [1.82, 2.24) is 0 Å². The fourth-order valence-electron chi connectivity index (χ4n) is 3.19. The Balaban J connectivity index is 1.99. The van der Waals surface area contributed by atoms with E-state index in [0.29, 0.717) is 18.7 Å². The summed E-state index contributed by atoms with van der Waals surface area (Å²) < 4.78 is 0. The first-order valence-corrected chi connectivity index (χ1v) is 8.98. The minimum Gasteiger partial charge on any atom is -0.387 e. The number of benzene rings is 2. The highest BCUT2D eigenvalue weighted by molar-refractivity contribution is 5.92. The van der Waals surface area contributed by atoms with E-state index in [1.54, 1.807) is 0 Å². The molecular weight excluding hydrogens is 320 g/mol. The van der Waals surface area contributed by atoms with Gasteiger partial charge in [-0.3, -0.25) is 0 Å². The van der Waals surface area contributed by atoms with Crippen LogP contribution in [0.4, 0.5) is 5.69 Å². The Labute approximate surface area is 155 Å². The second-order valence-corrected chi connectivity index (χ2v) is 6.59. The van der Waals surface area contributed by atoms with Gasteiger partial charge in [-0.05, 0) is 47.8 Å². The lowest BCUT2D eigenvalue weighted by Crippen LogP contribution is -2.11. The van der Waals surface area contributed by atoms with E-state index in [1.807, 2.05) is 24.3 Å². The Kier molecular flexibility index (Phi) is 5.47. The largest absolute Gasteiger partial charge is 0.387 e. The molecule has 0 unspecified atom stereocenters. The van der Waals surface area contributed by atoms with Gasteiger partial charge in [-0.25, -0.2) is 4.99 Å². The third kappa shape index (κ3) is 3.99. The first kappa shape index (κ1) is 17.9. The van der Waals surface area contributed by atoms with Gasteiger partial charge in [0.1, 0.15) is 12.1 Å². The Morgan fingerprint density at radius 2 is 1.88 bits per heavy atom. The molecule has 0 bridgehead atoms. The molecule has 0 aliphatic carbocycles. The van der Waals surface area contributed by atoms with E-state index in [4.69, 9.17) is 5.73 Å². The van der Waals surface area contributed by atoms with Gasteiger partial charge in [0.05, 0.1) is 5.69 Å². The van der Waals surface area contributed by atoms with Crippen LogP contribution in [0.5, 0.6) is 0 Å². The van der Waals surface area contributed by atoms with Crippen LogP contribution < -0.4 is 5.73 Å². The summed E-state index contributed by atoms with van der Waals surface area (Å²) in [6.45, 7) is 4.27. The number of aldehydes is 1. The minimum atomic E-state index is 0.448. The number of aliphatic imine (C=N–C) groups is 1. The molecular formula is C23H24N2O. The molecule has 26 heavy (non-hydrogen) atoms. The van der Waals surface area contributed by atoms with Crippen molar-refractivity contribution in [3.05, 3.63) is 70.8 Å². The molecule has 2 aromatic rings. The van der Waals surface area contributed by atoms with Crippen molar-refractivity contribution < 1.29 is 4.79 Å². The maximum Gasteiger partial charge on any atom is 0.124 e. The van der Waals surface area contributed by atoms with Gasteiger partial charge in [-0.15, -0.1) is 0 Å². The molecule has 0 saturated carbocycles. The van der Waals surface area contributed by atoms with Gasteiger partial charge in [0.25, 0.3) is 0 Å². The van der Waals surface area contributed by atoms with E-state index in [-0.39, 0.29) is 0 Å². The summed E-state index contributed by atoms with van der Waals surface area (Å²) in [6, 6.07) is 14.4. The molecule has 0 atom stereocenters. The fourth-order valence-corrected chi connectivity index (χ4v) is 3.19. The van der Waals surface area contributed by atoms with Crippen molar-refractivity contribution in [3.63, 3.8) is 0 Å². The standard InChI is InChI=1S/C23H24N2O/c1-3-4-16(2)21-13-20-10-9-19(14-22(20)25-23(24)15-21)18-7-5-17(6-8-18)11-12-26/h4-10,12-14H,3,11,15H2,1-2H3,(H2,24,25)/b16-4+. The predicted molar refractivity (Wildman–Crippen MR) is 110 cm³/mol. The molecule has 2 N–H and O–H groups in total. The molecule has 0 aromatic heterocycles. The Morgan fingerprint density at radius 3 is 2.58 bits per heavy atom. The lowest BCUT2D eigenvalue weighted by molar-refractivity contribution is -0.107. The average Bonchev–Trinajstić information content (AvgIpc) is 2.80. The summed E-state index contributed by atoms with van der Waals surface area (Å²) in [7, 11) is 0. The van der Waals surface area contributed by atoms with Gasteiger partial charge >= 0.3 is 0 Å². The monoisotopic (exact) mass is 344 g/mol. The van der Waals surface area contributed by atoms with Crippen LogP contribution >= 0.6 is 0 Å². The van der Waals surface area contributed by atoms with Crippen molar-refractivity contribution in [2.45, 2.75) is 33.1 Å². The summed E-state index contributed by atoms with van der Waals surface area (Å²) in [6.07, 6.45) is 7.46. The number of hydrogen-bond acceptors (Lipinski definition) is 3. The zero-order chi connectivity index (χ0) is 18.5. The van der Waals surface area contributed by atoms with E-state index in [2.05, 4.69) is 49.2 Å². The van der Waals surface area contributed by atoms with Crippen LogP contribution in [0.25, 0.3) is 17.2 Å². The number of amidine groups is 1. The van der Waals surface area contributed by atoms with Crippen molar-refractivity contribution in [2.24, 2.45) is 10.7 Å². The number of fused-ring (bicyclic) bond motifs is 1. The lowest BCUT2D eigenvalue weighted by atomic mass is 9.98. The van der Waals surface area contributed by atoms with Gasteiger partial charge in [0.15, 0.2) is 0 Å². The highest BCUT2D eigenvalue weighted by atomic mass is 16.1. The molecule has 3 heteroatoms. The van der Waals surface area contributed by atoms with Gasteiger partial charge < -0.3 is 10.5 Å². The third-order valence-electron chi connectivity index (χ3n) is 4.62. The average molecular weight is 344 g/mol. The van der Waals surface area contributed by atoms with Crippen LogP contribution in [-0.2, 0) is 11.2 Å². The quantitative estimate of drug-likeness (QED) is 0.755. The van der Waals surface area contributed by atoms with E-state index < -0.39 is 0 Å². The van der Waals surface area contributed by atoms with Crippen LogP contribution in [0.1, 0.15) is 37.8 Å². The summed E-state index contributed by atoms with van der Waals surface area (Å²) in [4.78, 5) is 15.3. The summed E-state index contributed by atoms with van der Waals surface area (Å²) >= 11 is 0. The van der Waals surface area contributed by atoms with E-state index >= 15 is 0 Å². The molecule has 0 amide bonds. The van der Waals surface area contributed by atoms with E-state index in [0.717, 1.165) is 40.6 Å². The van der Waals surface area contributed by atoms with Gasteiger partial charge in [-0.2, -0.15) is 0 Å². The summed E-state index contributed by atoms with van der Waals surface area (Å²) in [5, 5.41) is 0. The van der Waals surface area contributed by atoms with Crippen LogP contribution in [-0.4, -0.2) is 12.1 Å². The van der Waals surface area contributed by atoms with Gasteiger partial charge in [0.2, 0.25) is 0 Å². The predicted octanol–water partition coefficient (Wildman–Crippen LogP) is 5.23. The SMILES string of the molecule is CC/C=C(\C)C1=Cc2ccc(-c3ccc(CC=O)cc3)cc2N=C(N)C1. The highest BCUT2D eigenvalue weighted by Gasteiger charge is 2.12. The maximum atomic E-state index is 10.6. The van der Waals surface area contributed by atoms with Crippen LogP contribution in [0.3, 0.4) is 0 Å².